The van der Waals surface area contributed by atoms with Gasteiger partial charge in [0.1, 0.15) is 24.0 Å². The highest BCUT2D eigenvalue weighted by Crippen LogP contribution is 2.49. The Hall–Kier alpha value is -2.59. The van der Waals surface area contributed by atoms with Crippen LogP contribution < -0.4 is 0 Å². The summed E-state index contributed by atoms with van der Waals surface area (Å²) in [6.07, 6.45) is 2.27. The standard InChI is InChI=1S/C23H23NO3/c1-23(18-8-3-2-4-9-18)12-17(13-23)22(24-26-15-19-14-25-19)21-11-16-7-5-6-10-20(16)27-21/h2-11,17,19H,12-15H2,1H3/b24-22+. The van der Waals surface area contributed by atoms with Crippen LogP contribution in [0.2, 0.25) is 0 Å². The second-order valence-electron chi connectivity index (χ2n) is 7.91. The fourth-order valence-electron chi connectivity index (χ4n) is 4.08. The van der Waals surface area contributed by atoms with Crippen LogP contribution >= 0.6 is 0 Å². The third-order valence-corrected chi connectivity index (χ3v) is 5.75. The maximum Gasteiger partial charge on any atom is 0.153 e. The highest BCUT2D eigenvalue weighted by Gasteiger charge is 2.45. The van der Waals surface area contributed by atoms with Gasteiger partial charge in [0.05, 0.1) is 6.61 Å². The molecule has 138 valence electrons. The number of epoxide rings is 1. The van der Waals surface area contributed by atoms with Gasteiger partial charge in [0.25, 0.3) is 0 Å². The Morgan fingerprint density at radius 2 is 1.85 bits per heavy atom. The Kier molecular flexibility index (Phi) is 4.01. The van der Waals surface area contributed by atoms with Crippen molar-refractivity contribution in [1.82, 2.24) is 0 Å². The largest absolute Gasteiger partial charge is 0.455 e. The van der Waals surface area contributed by atoms with Crippen molar-refractivity contribution in [2.75, 3.05) is 13.2 Å². The van der Waals surface area contributed by atoms with E-state index in [-0.39, 0.29) is 11.5 Å². The molecule has 0 radical (unpaired) electrons. The van der Waals surface area contributed by atoms with E-state index in [1.165, 1.54) is 5.56 Å². The lowest BCUT2D eigenvalue weighted by molar-refractivity contribution is 0.119. The van der Waals surface area contributed by atoms with Crippen molar-refractivity contribution < 1.29 is 14.0 Å². The Balaban J connectivity index is 1.40. The molecule has 1 aromatic heterocycles. The quantitative estimate of drug-likeness (QED) is 0.356. The number of para-hydroxylation sites is 1. The minimum atomic E-state index is 0.179. The fourth-order valence-corrected chi connectivity index (χ4v) is 4.08. The van der Waals surface area contributed by atoms with E-state index < -0.39 is 0 Å². The van der Waals surface area contributed by atoms with E-state index in [2.05, 4.69) is 54.5 Å². The van der Waals surface area contributed by atoms with Crippen molar-refractivity contribution in [2.24, 2.45) is 11.1 Å². The lowest BCUT2D eigenvalue weighted by Gasteiger charge is -2.45. The summed E-state index contributed by atoms with van der Waals surface area (Å²) in [6, 6.07) is 20.9. The fraction of sp³-hybridized carbons (Fsp3) is 0.348. The zero-order chi connectivity index (χ0) is 18.3. The molecular formula is C23H23NO3. The Morgan fingerprint density at radius 1 is 1.11 bits per heavy atom. The van der Waals surface area contributed by atoms with Crippen molar-refractivity contribution in [1.29, 1.82) is 0 Å². The molecule has 4 nitrogen and oxygen atoms in total. The molecule has 1 atom stereocenters. The molecule has 4 heteroatoms. The van der Waals surface area contributed by atoms with Gasteiger partial charge in [-0.3, -0.25) is 0 Å². The first-order valence-electron chi connectivity index (χ1n) is 9.57. The van der Waals surface area contributed by atoms with E-state index in [4.69, 9.17) is 14.0 Å². The molecule has 1 unspecified atom stereocenters. The summed E-state index contributed by atoms with van der Waals surface area (Å²) in [5.41, 5.74) is 3.37. The van der Waals surface area contributed by atoms with Gasteiger partial charge >= 0.3 is 0 Å². The average Bonchev–Trinajstić information content (AvgIpc) is 3.40. The van der Waals surface area contributed by atoms with E-state index in [0.717, 1.165) is 41.9 Å². The van der Waals surface area contributed by atoms with Crippen LogP contribution in [0.15, 0.2) is 70.2 Å². The van der Waals surface area contributed by atoms with Crippen molar-refractivity contribution in [3.05, 3.63) is 72.0 Å². The van der Waals surface area contributed by atoms with E-state index in [0.29, 0.717) is 12.5 Å². The summed E-state index contributed by atoms with van der Waals surface area (Å²) in [4.78, 5) is 5.60. The van der Waals surface area contributed by atoms with Crippen LogP contribution in [-0.2, 0) is 15.0 Å². The van der Waals surface area contributed by atoms with E-state index in [1.54, 1.807) is 0 Å². The molecule has 1 saturated heterocycles. The molecule has 0 N–H and O–H groups in total. The van der Waals surface area contributed by atoms with E-state index >= 15 is 0 Å². The highest BCUT2D eigenvalue weighted by atomic mass is 16.7. The SMILES string of the molecule is CC1(c2ccccc2)CC(/C(=N\OCC2CO2)c2cc3ccccc3o2)C1. The Labute approximate surface area is 158 Å². The molecule has 0 amide bonds. The van der Waals surface area contributed by atoms with Crippen LogP contribution in [0.3, 0.4) is 0 Å². The minimum Gasteiger partial charge on any atom is -0.455 e. The van der Waals surface area contributed by atoms with Crippen LogP contribution in [0.25, 0.3) is 11.0 Å². The molecule has 27 heavy (non-hydrogen) atoms. The average molecular weight is 361 g/mol. The molecule has 1 aliphatic heterocycles. The van der Waals surface area contributed by atoms with Gasteiger partial charge in [0, 0.05) is 11.3 Å². The van der Waals surface area contributed by atoms with Crippen LogP contribution in [0.5, 0.6) is 0 Å². The van der Waals surface area contributed by atoms with Crippen molar-refractivity contribution in [3.63, 3.8) is 0 Å². The van der Waals surface area contributed by atoms with Gasteiger partial charge in [-0.2, -0.15) is 0 Å². The zero-order valence-corrected chi connectivity index (χ0v) is 15.4. The number of nitrogens with zero attached hydrogens (tertiary/aromatic N) is 1. The first-order valence-corrected chi connectivity index (χ1v) is 9.57. The molecule has 0 spiro atoms. The third kappa shape index (κ3) is 3.26. The van der Waals surface area contributed by atoms with Crippen LogP contribution in [0.4, 0.5) is 0 Å². The molecule has 5 rings (SSSR count). The maximum absolute atomic E-state index is 6.09. The van der Waals surface area contributed by atoms with Gasteiger partial charge in [-0.05, 0) is 36.0 Å². The molecule has 2 heterocycles. The Bertz CT molecular complexity index is 932. The number of oxime groups is 1. The number of fused-ring (bicyclic) bond motifs is 1. The first kappa shape index (κ1) is 16.6. The van der Waals surface area contributed by atoms with Gasteiger partial charge in [-0.1, -0.05) is 60.6 Å². The molecular weight excluding hydrogens is 338 g/mol. The predicted octanol–water partition coefficient (Wildman–Crippen LogP) is 4.92. The lowest BCUT2D eigenvalue weighted by Crippen LogP contribution is -2.42. The van der Waals surface area contributed by atoms with Crippen LogP contribution in [0.1, 0.15) is 31.1 Å². The molecule has 2 aliphatic rings. The summed E-state index contributed by atoms with van der Waals surface area (Å²) in [5, 5.41) is 5.59. The number of benzene rings is 2. The molecule has 1 aliphatic carbocycles. The third-order valence-electron chi connectivity index (χ3n) is 5.75. The smallest absolute Gasteiger partial charge is 0.153 e. The summed E-state index contributed by atoms with van der Waals surface area (Å²) in [5.74, 6) is 1.14. The van der Waals surface area contributed by atoms with Gasteiger partial charge < -0.3 is 14.0 Å². The topological polar surface area (TPSA) is 47.3 Å². The van der Waals surface area contributed by atoms with Crippen molar-refractivity contribution in [2.45, 2.75) is 31.3 Å². The summed E-state index contributed by atoms with van der Waals surface area (Å²) >= 11 is 0. The van der Waals surface area contributed by atoms with Crippen LogP contribution in [-0.4, -0.2) is 25.0 Å². The number of furan rings is 1. The molecule has 2 aromatic carbocycles. The molecule has 3 aromatic rings. The second-order valence-corrected chi connectivity index (χ2v) is 7.91. The zero-order valence-electron chi connectivity index (χ0n) is 15.4. The molecule has 0 bridgehead atoms. The Morgan fingerprint density at radius 3 is 2.59 bits per heavy atom. The minimum absolute atomic E-state index is 0.179. The van der Waals surface area contributed by atoms with E-state index in [9.17, 15) is 0 Å². The van der Waals surface area contributed by atoms with Crippen LogP contribution in [0, 0.1) is 5.92 Å². The summed E-state index contributed by atoms with van der Waals surface area (Å²) < 4.78 is 11.3. The monoisotopic (exact) mass is 361 g/mol. The second kappa shape index (κ2) is 6.54. The van der Waals surface area contributed by atoms with Gasteiger partial charge in [-0.15, -0.1) is 0 Å². The van der Waals surface area contributed by atoms with Gasteiger partial charge in [0.15, 0.2) is 5.76 Å². The number of hydrogen-bond donors (Lipinski definition) is 0. The van der Waals surface area contributed by atoms with Crippen molar-refractivity contribution >= 4 is 16.7 Å². The highest BCUT2D eigenvalue weighted by molar-refractivity contribution is 6.03. The number of ether oxygens (including phenoxy) is 1. The summed E-state index contributed by atoms with van der Waals surface area (Å²) in [7, 11) is 0. The van der Waals surface area contributed by atoms with Gasteiger partial charge in [-0.25, -0.2) is 0 Å². The maximum atomic E-state index is 6.09. The first-order chi connectivity index (χ1) is 13.2. The van der Waals surface area contributed by atoms with E-state index in [1.807, 2.05) is 18.2 Å². The molecule has 1 saturated carbocycles. The van der Waals surface area contributed by atoms with Crippen molar-refractivity contribution in [3.8, 4) is 0 Å². The lowest BCUT2D eigenvalue weighted by atomic mass is 9.58. The van der Waals surface area contributed by atoms with Gasteiger partial charge in [0.2, 0.25) is 0 Å². The number of rotatable bonds is 6. The molecule has 2 fully saturated rings. The summed E-state index contributed by atoms with van der Waals surface area (Å²) in [6.45, 7) is 3.60. The predicted molar refractivity (Wildman–Crippen MR) is 105 cm³/mol. The normalized spacial score (nSPS) is 27.4. The number of hydrogen-bond acceptors (Lipinski definition) is 4.